The first kappa shape index (κ1) is 70.8. The molecule has 6 heteroatoms. The summed E-state index contributed by atoms with van der Waals surface area (Å²) in [6.07, 6.45) is 86.2. The van der Waals surface area contributed by atoms with Crippen LogP contribution in [0.15, 0.2) is 122 Å². The van der Waals surface area contributed by atoms with Crippen molar-refractivity contribution in [2.24, 2.45) is 0 Å². The van der Waals surface area contributed by atoms with Gasteiger partial charge in [0.05, 0.1) is 0 Å². The number of ether oxygens (including phenoxy) is 3. The van der Waals surface area contributed by atoms with Crippen LogP contribution in [0.2, 0.25) is 0 Å². The van der Waals surface area contributed by atoms with E-state index in [1.807, 2.05) is 0 Å². The van der Waals surface area contributed by atoms with Crippen molar-refractivity contribution in [2.75, 3.05) is 13.2 Å². The number of esters is 3. The fourth-order valence-corrected chi connectivity index (χ4v) is 8.38. The maximum Gasteiger partial charge on any atom is 0.306 e. The van der Waals surface area contributed by atoms with Crippen molar-refractivity contribution in [3.63, 3.8) is 0 Å². The minimum absolute atomic E-state index is 0.103. The van der Waals surface area contributed by atoms with Gasteiger partial charge in [-0.15, -0.1) is 0 Å². The van der Waals surface area contributed by atoms with Crippen LogP contribution in [0.4, 0.5) is 0 Å². The summed E-state index contributed by atoms with van der Waals surface area (Å²) in [5.74, 6) is -0.964. The molecule has 0 heterocycles. The van der Waals surface area contributed by atoms with E-state index in [-0.39, 0.29) is 37.5 Å². The molecule has 1 atom stereocenters. The second-order valence-corrected chi connectivity index (χ2v) is 20.2. The molecule has 0 fully saturated rings. The lowest BCUT2D eigenvalue weighted by Crippen LogP contribution is -2.30. The van der Waals surface area contributed by atoms with Crippen molar-refractivity contribution >= 4 is 17.9 Å². The van der Waals surface area contributed by atoms with E-state index < -0.39 is 6.10 Å². The Kier molecular flexibility index (Phi) is 58.9. The maximum atomic E-state index is 12.9. The van der Waals surface area contributed by atoms with Gasteiger partial charge in [0.25, 0.3) is 0 Å². The number of hydrogen-bond acceptors (Lipinski definition) is 6. The molecule has 0 aromatic rings. The molecule has 6 nitrogen and oxygen atoms in total. The van der Waals surface area contributed by atoms with E-state index in [0.29, 0.717) is 12.8 Å². The van der Waals surface area contributed by atoms with Crippen LogP contribution in [-0.4, -0.2) is 37.2 Å². The van der Waals surface area contributed by atoms with E-state index >= 15 is 0 Å². The van der Waals surface area contributed by atoms with Crippen LogP contribution in [0.5, 0.6) is 0 Å². The third-order valence-electron chi connectivity index (χ3n) is 13.0. The molecule has 0 radical (unpaired) electrons. The molecule has 0 aromatic carbocycles. The zero-order valence-corrected chi connectivity index (χ0v) is 48.8. The first-order valence-corrected chi connectivity index (χ1v) is 31.0. The average Bonchev–Trinajstić information content (AvgIpc) is 3.41. The van der Waals surface area contributed by atoms with Gasteiger partial charge < -0.3 is 14.2 Å². The van der Waals surface area contributed by atoms with Gasteiger partial charge in [-0.05, 0) is 109 Å². The van der Waals surface area contributed by atoms with Gasteiger partial charge >= 0.3 is 17.9 Å². The minimum atomic E-state index is -0.813. The number of rotatable bonds is 55. The summed E-state index contributed by atoms with van der Waals surface area (Å²) in [5.41, 5.74) is 0. The van der Waals surface area contributed by atoms with E-state index in [9.17, 15) is 14.4 Å². The van der Waals surface area contributed by atoms with E-state index in [0.717, 1.165) is 135 Å². The molecule has 0 N–H and O–H groups in total. The Labute approximate surface area is 462 Å². The average molecular weight is 1040 g/mol. The highest BCUT2D eigenvalue weighted by Crippen LogP contribution is 2.16. The zero-order valence-electron chi connectivity index (χ0n) is 48.8. The SMILES string of the molecule is CC/C=C\C/C=C\C/C=C\C/C=C\C/C=C\CCCCCC(=O)OC[C@@H](COC(=O)CCCCCCCCCCCCCCCCCCCCC)OC(=O)CCCCC/C=C\C/C=C\C/C=C\C/C=C\C/C=C\CC. The smallest absolute Gasteiger partial charge is 0.306 e. The molecule has 0 aliphatic carbocycles. The summed E-state index contributed by atoms with van der Waals surface area (Å²) in [5, 5.41) is 0. The van der Waals surface area contributed by atoms with Gasteiger partial charge in [0, 0.05) is 19.3 Å². The van der Waals surface area contributed by atoms with Crippen molar-refractivity contribution in [3.8, 4) is 0 Å². The number of carbonyl (C=O) groups excluding carboxylic acids is 3. The lowest BCUT2D eigenvalue weighted by molar-refractivity contribution is -0.167. The number of allylic oxidation sites excluding steroid dienone is 20. The van der Waals surface area contributed by atoms with E-state index in [2.05, 4.69) is 142 Å². The van der Waals surface area contributed by atoms with Gasteiger partial charge in [0.15, 0.2) is 6.10 Å². The Bertz CT molecular complexity index is 1570. The van der Waals surface area contributed by atoms with Crippen LogP contribution in [0, 0.1) is 0 Å². The summed E-state index contributed by atoms with van der Waals surface area (Å²) < 4.78 is 16.9. The molecule has 0 rings (SSSR count). The summed E-state index contributed by atoms with van der Waals surface area (Å²) in [7, 11) is 0. The minimum Gasteiger partial charge on any atom is -0.462 e. The van der Waals surface area contributed by atoms with Gasteiger partial charge in [-0.3, -0.25) is 14.4 Å². The molecule has 0 aliphatic heterocycles. The molecule has 0 unspecified atom stereocenters. The van der Waals surface area contributed by atoms with Gasteiger partial charge in [0.1, 0.15) is 13.2 Å². The fraction of sp³-hybridized carbons (Fsp3) is 0.667. The third kappa shape index (κ3) is 60.6. The highest BCUT2D eigenvalue weighted by atomic mass is 16.6. The lowest BCUT2D eigenvalue weighted by Gasteiger charge is -2.18. The quantitative estimate of drug-likeness (QED) is 0.0261. The normalized spacial score (nSPS) is 12.9. The van der Waals surface area contributed by atoms with Crippen molar-refractivity contribution in [3.05, 3.63) is 122 Å². The van der Waals surface area contributed by atoms with E-state index in [4.69, 9.17) is 14.2 Å². The van der Waals surface area contributed by atoms with Crippen molar-refractivity contribution in [1.29, 1.82) is 0 Å². The third-order valence-corrected chi connectivity index (χ3v) is 13.0. The topological polar surface area (TPSA) is 78.9 Å². The number of unbranched alkanes of at least 4 members (excludes halogenated alkanes) is 24. The Morgan fingerprint density at radius 1 is 0.280 bits per heavy atom. The molecular formula is C69H114O6. The van der Waals surface area contributed by atoms with E-state index in [1.54, 1.807) is 0 Å². The van der Waals surface area contributed by atoms with Crippen LogP contribution < -0.4 is 0 Å². The second-order valence-electron chi connectivity index (χ2n) is 20.2. The number of carbonyl (C=O) groups is 3. The molecule has 0 bridgehead atoms. The van der Waals surface area contributed by atoms with Crippen LogP contribution in [0.25, 0.3) is 0 Å². The largest absolute Gasteiger partial charge is 0.462 e. The molecule has 426 valence electrons. The second kappa shape index (κ2) is 62.4. The summed E-state index contributed by atoms with van der Waals surface area (Å²) >= 11 is 0. The highest BCUT2D eigenvalue weighted by molar-refractivity contribution is 5.71. The van der Waals surface area contributed by atoms with Gasteiger partial charge in [-0.1, -0.05) is 271 Å². The molecular weight excluding hydrogens is 925 g/mol. The van der Waals surface area contributed by atoms with Gasteiger partial charge in [0.2, 0.25) is 0 Å². The molecule has 0 aliphatic rings. The lowest BCUT2D eigenvalue weighted by atomic mass is 10.0. The predicted octanol–water partition coefficient (Wildman–Crippen LogP) is 21.2. The number of hydrogen-bond donors (Lipinski definition) is 0. The molecule has 0 spiro atoms. The van der Waals surface area contributed by atoms with Gasteiger partial charge in [-0.2, -0.15) is 0 Å². The maximum absolute atomic E-state index is 12.9. The Morgan fingerprint density at radius 3 is 0.813 bits per heavy atom. The van der Waals surface area contributed by atoms with Gasteiger partial charge in [-0.25, -0.2) is 0 Å². The monoisotopic (exact) mass is 1040 g/mol. The van der Waals surface area contributed by atoms with Crippen molar-refractivity contribution in [2.45, 2.75) is 284 Å². The van der Waals surface area contributed by atoms with Crippen molar-refractivity contribution < 1.29 is 28.6 Å². The molecule has 0 aromatic heterocycles. The molecule has 75 heavy (non-hydrogen) atoms. The summed E-state index contributed by atoms with van der Waals surface area (Å²) in [6, 6.07) is 0. The van der Waals surface area contributed by atoms with Crippen LogP contribution in [0.3, 0.4) is 0 Å². The molecule has 0 saturated carbocycles. The first-order chi connectivity index (χ1) is 37.0. The Balaban J connectivity index is 4.50. The summed E-state index contributed by atoms with van der Waals surface area (Å²) in [6.45, 7) is 6.38. The summed E-state index contributed by atoms with van der Waals surface area (Å²) in [4.78, 5) is 38.3. The van der Waals surface area contributed by atoms with Crippen LogP contribution >= 0.6 is 0 Å². The molecule has 0 amide bonds. The highest BCUT2D eigenvalue weighted by Gasteiger charge is 2.19. The fourth-order valence-electron chi connectivity index (χ4n) is 8.38. The molecule has 0 saturated heterocycles. The Hall–Kier alpha value is -4.19. The standard InChI is InChI=1S/C69H114O6/c1-4-7-10-13-16-19-22-25-28-31-34-37-40-43-46-49-52-55-58-61-67(70)73-64-66(75-69(72)63-60-57-54-51-48-45-42-39-36-33-30-27-24-21-18-15-12-9-6-3)65-74-68(71)62-59-56-53-50-47-44-41-38-35-32-29-26-23-20-17-14-11-8-5-2/h7,9-10,12,16,18-19,21,25,27-28,30,34,36-37,39,43,45-46,48,66H,4-6,8,11,13-15,17,20,22-24,26,29,31-33,35,38,40-42,44,47,49-65H2,1-3H3/b10-7-,12-9-,19-16-,21-18-,28-25-,30-27-,37-34-,39-36-,46-43-,48-45-/t66-/m0/s1. The Morgan fingerprint density at radius 2 is 0.520 bits per heavy atom. The zero-order chi connectivity index (χ0) is 54.3. The van der Waals surface area contributed by atoms with Crippen LogP contribution in [0.1, 0.15) is 278 Å². The van der Waals surface area contributed by atoms with Crippen molar-refractivity contribution in [1.82, 2.24) is 0 Å². The van der Waals surface area contributed by atoms with Crippen LogP contribution in [-0.2, 0) is 28.6 Å². The first-order valence-electron chi connectivity index (χ1n) is 31.0. The van der Waals surface area contributed by atoms with E-state index in [1.165, 1.54) is 103 Å². The predicted molar refractivity (Wildman–Crippen MR) is 325 cm³/mol.